The Morgan fingerprint density at radius 3 is 3.12 bits per heavy atom. The molecule has 0 aliphatic heterocycles. The van der Waals surface area contributed by atoms with Crippen molar-refractivity contribution >= 4 is 0 Å². The highest BCUT2D eigenvalue weighted by Crippen LogP contribution is 2.36. The first-order chi connectivity index (χ1) is 3.97. The van der Waals surface area contributed by atoms with Gasteiger partial charge in [0.25, 0.3) is 0 Å². The fourth-order valence-electron chi connectivity index (χ4n) is 0.784. The molecule has 41 valence electrons. The van der Waals surface area contributed by atoms with E-state index in [9.17, 15) is 0 Å². The van der Waals surface area contributed by atoms with Gasteiger partial charge in [-0.1, -0.05) is 0 Å². The van der Waals surface area contributed by atoms with Gasteiger partial charge in [0, 0.05) is 12.1 Å². The van der Waals surface area contributed by atoms with Gasteiger partial charge in [0.05, 0.1) is 12.0 Å². The average molecular weight is 107 g/mol. The number of hydrogen-bond donors (Lipinski definition) is 1. The molecule has 2 heteroatoms. The molecule has 0 aromatic carbocycles. The molecule has 1 heterocycles. The van der Waals surface area contributed by atoms with Gasteiger partial charge in [0.2, 0.25) is 0 Å². The summed E-state index contributed by atoms with van der Waals surface area (Å²) in [6.45, 7) is 0. The SMILES string of the molecule is [CH]1CC1c1c[nH]cn1. The maximum Gasteiger partial charge on any atom is 0.0923 e. The van der Waals surface area contributed by atoms with Gasteiger partial charge >= 0.3 is 0 Å². The van der Waals surface area contributed by atoms with E-state index in [-0.39, 0.29) is 0 Å². The fourth-order valence-corrected chi connectivity index (χ4v) is 0.784. The second-order valence-electron chi connectivity index (χ2n) is 2.07. The van der Waals surface area contributed by atoms with Crippen molar-refractivity contribution in [2.75, 3.05) is 0 Å². The third-order valence-electron chi connectivity index (χ3n) is 1.37. The Bertz CT molecular complexity index is 163. The first-order valence-corrected chi connectivity index (χ1v) is 2.79. The Kier molecular flexibility index (Phi) is 0.692. The van der Waals surface area contributed by atoms with Crippen LogP contribution in [0.15, 0.2) is 12.5 Å². The zero-order valence-electron chi connectivity index (χ0n) is 4.46. The largest absolute Gasteiger partial charge is 0.351 e. The van der Waals surface area contributed by atoms with Crippen molar-refractivity contribution in [1.82, 2.24) is 9.97 Å². The van der Waals surface area contributed by atoms with Crippen LogP contribution in [0.1, 0.15) is 18.0 Å². The lowest BCUT2D eigenvalue weighted by molar-refractivity contribution is 1.08. The summed E-state index contributed by atoms with van der Waals surface area (Å²) in [5, 5.41) is 0. The van der Waals surface area contributed by atoms with Crippen molar-refractivity contribution in [3.05, 3.63) is 24.6 Å². The molecule has 1 radical (unpaired) electrons. The van der Waals surface area contributed by atoms with Crippen molar-refractivity contribution in [1.29, 1.82) is 0 Å². The molecular weight excluding hydrogens is 100 g/mol. The van der Waals surface area contributed by atoms with E-state index in [0.717, 1.165) is 0 Å². The summed E-state index contributed by atoms with van der Waals surface area (Å²) in [7, 11) is 0. The summed E-state index contributed by atoms with van der Waals surface area (Å²) in [5.41, 5.74) is 1.19. The standard InChI is InChI=1S/C6H7N2/c1-2-5(1)6-3-7-4-8-6/h1,3-5H,2H2,(H,7,8). The van der Waals surface area contributed by atoms with E-state index >= 15 is 0 Å². The summed E-state index contributed by atoms with van der Waals surface area (Å²) in [6.07, 6.45) is 7.14. The van der Waals surface area contributed by atoms with Crippen LogP contribution in [0.2, 0.25) is 0 Å². The highest BCUT2D eigenvalue weighted by Gasteiger charge is 2.25. The first kappa shape index (κ1) is 4.13. The summed E-state index contributed by atoms with van der Waals surface area (Å²) in [4.78, 5) is 7.01. The number of nitrogens with zero attached hydrogens (tertiary/aromatic N) is 1. The highest BCUT2D eigenvalue weighted by molar-refractivity contribution is 5.19. The van der Waals surface area contributed by atoms with Crippen LogP contribution >= 0.6 is 0 Å². The van der Waals surface area contributed by atoms with Gasteiger partial charge in [-0.15, -0.1) is 0 Å². The molecule has 0 bridgehead atoms. The summed E-state index contributed by atoms with van der Waals surface area (Å²) < 4.78 is 0. The Labute approximate surface area is 47.9 Å². The lowest BCUT2D eigenvalue weighted by atomic mass is 10.3. The average Bonchev–Trinajstić information content (AvgIpc) is 2.49. The fraction of sp³-hybridized carbons (Fsp3) is 0.333. The maximum atomic E-state index is 4.09. The molecule has 1 unspecified atom stereocenters. The van der Waals surface area contributed by atoms with Crippen LogP contribution in [0, 0.1) is 6.42 Å². The zero-order valence-corrected chi connectivity index (χ0v) is 4.46. The predicted octanol–water partition coefficient (Wildman–Crippen LogP) is 1.10. The molecular formula is C6H7N2. The van der Waals surface area contributed by atoms with Crippen LogP contribution in [0.4, 0.5) is 0 Å². The van der Waals surface area contributed by atoms with Crippen LogP contribution in [-0.2, 0) is 0 Å². The Hall–Kier alpha value is -0.790. The number of nitrogens with one attached hydrogen (secondary N) is 1. The number of hydrogen-bond acceptors (Lipinski definition) is 1. The van der Waals surface area contributed by atoms with Crippen LogP contribution in [-0.4, -0.2) is 9.97 Å². The summed E-state index contributed by atoms with van der Waals surface area (Å²) >= 11 is 0. The maximum absolute atomic E-state index is 4.09. The van der Waals surface area contributed by atoms with Gasteiger partial charge in [-0.05, 0) is 12.8 Å². The van der Waals surface area contributed by atoms with E-state index in [1.807, 2.05) is 6.20 Å². The third kappa shape index (κ3) is 0.529. The topological polar surface area (TPSA) is 28.7 Å². The second-order valence-corrected chi connectivity index (χ2v) is 2.07. The molecule has 0 saturated heterocycles. The Morgan fingerprint density at radius 1 is 1.75 bits per heavy atom. The molecule has 0 spiro atoms. The second kappa shape index (κ2) is 1.34. The minimum absolute atomic E-state index is 0.668. The van der Waals surface area contributed by atoms with Crippen LogP contribution in [0.3, 0.4) is 0 Å². The minimum atomic E-state index is 0.668. The van der Waals surface area contributed by atoms with Gasteiger partial charge in [0.1, 0.15) is 0 Å². The summed E-state index contributed by atoms with van der Waals surface area (Å²) in [5.74, 6) is 0.668. The lowest BCUT2D eigenvalue weighted by Crippen LogP contribution is -1.73. The van der Waals surface area contributed by atoms with Crippen molar-refractivity contribution < 1.29 is 0 Å². The molecule has 2 nitrogen and oxygen atoms in total. The van der Waals surface area contributed by atoms with Gasteiger partial charge < -0.3 is 4.98 Å². The monoisotopic (exact) mass is 107 g/mol. The van der Waals surface area contributed by atoms with E-state index in [1.54, 1.807) is 6.33 Å². The van der Waals surface area contributed by atoms with E-state index < -0.39 is 0 Å². The highest BCUT2D eigenvalue weighted by atomic mass is 14.9. The van der Waals surface area contributed by atoms with Crippen molar-refractivity contribution in [3.63, 3.8) is 0 Å². The van der Waals surface area contributed by atoms with Crippen LogP contribution in [0.5, 0.6) is 0 Å². The number of rotatable bonds is 1. The normalized spacial score (nSPS) is 19.0. The van der Waals surface area contributed by atoms with Gasteiger partial charge in [-0.25, -0.2) is 4.98 Å². The van der Waals surface area contributed by atoms with Gasteiger partial charge in [0.15, 0.2) is 0 Å². The van der Waals surface area contributed by atoms with Crippen molar-refractivity contribution in [2.45, 2.75) is 12.3 Å². The minimum Gasteiger partial charge on any atom is -0.351 e. The van der Waals surface area contributed by atoms with Gasteiger partial charge in [-0.3, -0.25) is 0 Å². The molecule has 1 N–H and O–H groups in total. The number of aromatic amines is 1. The molecule has 1 atom stereocenters. The van der Waals surface area contributed by atoms with E-state index in [0.29, 0.717) is 5.92 Å². The molecule has 0 amide bonds. The molecule has 1 aliphatic carbocycles. The van der Waals surface area contributed by atoms with Crippen molar-refractivity contribution in [2.24, 2.45) is 0 Å². The molecule has 1 saturated carbocycles. The summed E-state index contributed by atoms with van der Waals surface area (Å²) in [6, 6.07) is 0. The quantitative estimate of drug-likeness (QED) is 0.572. The van der Waals surface area contributed by atoms with E-state index in [4.69, 9.17) is 0 Å². The molecule has 2 rings (SSSR count). The predicted molar refractivity (Wildman–Crippen MR) is 30.2 cm³/mol. The number of H-pyrrole nitrogens is 1. The van der Waals surface area contributed by atoms with Gasteiger partial charge in [-0.2, -0.15) is 0 Å². The molecule has 1 fully saturated rings. The number of imidazole rings is 1. The lowest BCUT2D eigenvalue weighted by Gasteiger charge is -1.80. The third-order valence-corrected chi connectivity index (χ3v) is 1.37. The Balaban J connectivity index is 2.28. The molecule has 1 aliphatic rings. The zero-order chi connectivity index (χ0) is 5.40. The van der Waals surface area contributed by atoms with Crippen LogP contribution in [0.25, 0.3) is 0 Å². The van der Waals surface area contributed by atoms with Crippen LogP contribution < -0.4 is 0 Å². The molecule has 1 aromatic rings. The molecule has 8 heavy (non-hydrogen) atoms. The van der Waals surface area contributed by atoms with Crippen molar-refractivity contribution in [3.8, 4) is 0 Å². The van der Waals surface area contributed by atoms with E-state index in [1.165, 1.54) is 12.1 Å². The first-order valence-electron chi connectivity index (χ1n) is 2.79. The Morgan fingerprint density at radius 2 is 2.62 bits per heavy atom. The smallest absolute Gasteiger partial charge is 0.0923 e. The van der Waals surface area contributed by atoms with E-state index in [2.05, 4.69) is 16.4 Å². The molecule has 1 aromatic heterocycles. The number of aromatic nitrogens is 2.